The van der Waals surface area contributed by atoms with Gasteiger partial charge in [-0.15, -0.1) is 0 Å². The molecule has 128 valence electrons. The smallest absolute Gasteiger partial charge is 0.150 e. The number of aromatic carboxylic acids is 3. The normalized spacial score (nSPS) is 10.9. The lowest BCUT2D eigenvalue weighted by Crippen LogP contribution is -2.23. The Morgan fingerprint density at radius 2 is 0.880 bits per heavy atom. The minimum atomic E-state index is -1.83. The molecule has 0 amide bonds. The van der Waals surface area contributed by atoms with Gasteiger partial charge < -0.3 is 43.0 Å². The Morgan fingerprint density at radius 3 is 1.08 bits per heavy atom. The Labute approximate surface area is 139 Å². The first kappa shape index (κ1) is 16.5. The van der Waals surface area contributed by atoms with Gasteiger partial charge >= 0.3 is 0 Å². The number of carbonyl (C=O) groups excluding carboxylic acids is 3. The summed E-state index contributed by atoms with van der Waals surface area (Å²) in [5, 5.41) is 32.6. The highest BCUT2D eigenvalue weighted by atomic mass is 31.1. The molecule has 9 nitrogen and oxygen atoms in total. The van der Waals surface area contributed by atoms with Crippen LogP contribution in [0.15, 0.2) is 49.6 Å². The number of furan rings is 3. The predicted octanol–water partition coefficient (Wildman–Crippen LogP) is -2.69. The van der Waals surface area contributed by atoms with Crippen LogP contribution in [0.4, 0.5) is 0 Å². The van der Waals surface area contributed by atoms with Gasteiger partial charge in [-0.2, -0.15) is 0 Å². The molecule has 0 aromatic carbocycles. The first-order chi connectivity index (χ1) is 11.9. The maximum atomic E-state index is 10.9. The van der Waals surface area contributed by atoms with Crippen molar-refractivity contribution in [2.24, 2.45) is 0 Å². The molecule has 3 heterocycles. The number of rotatable bonds is 6. The van der Waals surface area contributed by atoms with Crippen LogP contribution in [0.5, 0.6) is 0 Å². The van der Waals surface area contributed by atoms with E-state index in [1.54, 1.807) is 0 Å². The van der Waals surface area contributed by atoms with Gasteiger partial charge in [0.15, 0.2) is 0 Å². The molecule has 0 aliphatic heterocycles. The van der Waals surface area contributed by atoms with Gasteiger partial charge in [-0.3, -0.25) is 0 Å². The van der Waals surface area contributed by atoms with Crippen molar-refractivity contribution in [2.75, 3.05) is 0 Å². The maximum absolute atomic E-state index is 10.9. The topological polar surface area (TPSA) is 160 Å². The lowest BCUT2D eigenvalue weighted by molar-refractivity contribution is -0.258. The van der Waals surface area contributed by atoms with E-state index in [1.165, 1.54) is 18.2 Å². The molecule has 0 bridgehead atoms. The summed E-state index contributed by atoms with van der Waals surface area (Å²) in [6.07, 6.45) is 0. The molecule has 10 heteroatoms. The molecule has 0 N–H and O–H groups in total. The van der Waals surface area contributed by atoms with Crippen molar-refractivity contribution in [1.82, 2.24) is 0 Å². The third kappa shape index (κ3) is 3.17. The predicted molar refractivity (Wildman–Crippen MR) is 74.9 cm³/mol. The van der Waals surface area contributed by atoms with E-state index in [9.17, 15) is 29.7 Å². The second-order valence-electron chi connectivity index (χ2n) is 4.61. The Hall–Kier alpha value is -3.32. The molecule has 3 aromatic rings. The van der Waals surface area contributed by atoms with Crippen molar-refractivity contribution in [3.05, 3.63) is 53.7 Å². The van der Waals surface area contributed by atoms with Crippen LogP contribution in [0.1, 0.15) is 31.7 Å². The fourth-order valence-electron chi connectivity index (χ4n) is 2.00. The molecular weight excluding hydrogens is 355 g/mol. The van der Waals surface area contributed by atoms with E-state index in [4.69, 9.17) is 13.3 Å². The van der Waals surface area contributed by atoms with Crippen molar-refractivity contribution in [3.8, 4) is 0 Å². The zero-order chi connectivity index (χ0) is 18.1. The third-order valence-corrected chi connectivity index (χ3v) is 5.08. The quantitative estimate of drug-likeness (QED) is 0.426. The Kier molecular flexibility index (Phi) is 4.16. The van der Waals surface area contributed by atoms with Crippen molar-refractivity contribution < 1.29 is 43.0 Å². The van der Waals surface area contributed by atoms with E-state index >= 15 is 0 Å². The molecule has 3 rings (SSSR count). The summed E-state index contributed by atoms with van der Waals surface area (Å²) in [7, 11) is -1.83. The van der Waals surface area contributed by atoms with E-state index < -0.39 is 43.1 Å². The fourth-order valence-corrected chi connectivity index (χ4v) is 3.89. The first-order valence-electron chi connectivity index (χ1n) is 6.60. The van der Waals surface area contributed by atoms with E-state index in [1.807, 2.05) is 0 Å². The Morgan fingerprint density at radius 1 is 0.600 bits per heavy atom. The average Bonchev–Trinajstić information content (AvgIpc) is 3.28. The van der Waals surface area contributed by atoms with Crippen molar-refractivity contribution >= 4 is 42.3 Å². The number of carboxylic acids is 3. The molecule has 0 saturated carbocycles. The van der Waals surface area contributed by atoms with Crippen molar-refractivity contribution in [1.29, 1.82) is 0 Å². The summed E-state index contributed by atoms with van der Waals surface area (Å²) in [5.74, 6) is -6.02. The molecule has 0 aliphatic rings. The molecule has 0 fully saturated rings. The molecule has 3 aromatic heterocycles. The molecule has 0 atom stereocenters. The number of carbonyl (C=O) groups is 3. The molecule has 25 heavy (non-hydrogen) atoms. The van der Waals surface area contributed by atoms with Crippen LogP contribution in [0.25, 0.3) is 0 Å². The summed E-state index contributed by atoms with van der Waals surface area (Å²) in [4.78, 5) is 32.6. The largest absolute Gasteiger partial charge is 0.542 e. The summed E-state index contributed by atoms with van der Waals surface area (Å²) >= 11 is 0. The molecule has 0 saturated heterocycles. The molecule has 0 aliphatic carbocycles. The van der Waals surface area contributed by atoms with Gasteiger partial charge in [-0.25, -0.2) is 0 Å². The fraction of sp³-hybridized carbons (Fsp3) is 0. The third-order valence-electron chi connectivity index (χ3n) is 3.04. The number of hydrogen-bond donors (Lipinski definition) is 0. The van der Waals surface area contributed by atoms with Gasteiger partial charge in [0.05, 0.1) is 0 Å². The molecule has 0 unspecified atom stereocenters. The maximum Gasteiger partial charge on any atom is 0.150 e. The number of hydrogen-bond acceptors (Lipinski definition) is 9. The van der Waals surface area contributed by atoms with E-state index in [-0.39, 0.29) is 16.5 Å². The second-order valence-corrected chi connectivity index (χ2v) is 6.60. The number of carboxylic acid groups (broad SMARTS) is 3. The zero-order valence-corrected chi connectivity index (χ0v) is 13.0. The molecule has 0 radical (unpaired) electrons. The van der Waals surface area contributed by atoms with Crippen LogP contribution < -0.4 is 31.8 Å². The van der Waals surface area contributed by atoms with E-state index in [2.05, 4.69) is 0 Å². The van der Waals surface area contributed by atoms with Gasteiger partial charge in [0.25, 0.3) is 0 Å². The monoisotopic (exact) mass is 361 g/mol. The van der Waals surface area contributed by atoms with Gasteiger partial charge in [0.2, 0.25) is 0 Å². The first-order valence-corrected chi connectivity index (χ1v) is 7.94. The highest BCUT2D eigenvalue weighted by Crippen LogP contribution is 2.35. The highest BCUT2D eigenvalue weighted by molar-refractivity contribution is 7.78. The minimum absolute atomic E-state index is 0.0766. The van der Waals surface area contributed by atoms with Gasteiger partial charge in [-0.1, -0.05) is 0 Å². The van der Waals surface area contributed by atoms with Gasteiger partial charge in [-0.05, 0) is 36.4 Å². The summed E-state index contributed by atoms with van der Waals surface area (Å²) in [6, 6.07) is 7.39. The van der Waals surface area contributed by atoms with Crippen LogP contribution in [0.2, 0.25) is 0 Å². The summed E-state index contributed by atoms with van der Waals surface area (Å²) < 4.78 is 15.5. The van der Waals surface area contributed by atoms with E-state index in [0.29, 0.717) is 0 Å². The van der Waals surface area contributed by atoms with Crippen LogP contribution in [0.3, 0.4) is 0 Å². The Balaban J connectivity index is 2.10. The molecular formula is C15H6O9P-3. The molecule has 0 spiro atoms. The second kappa shape index (κ2) is 6.29. The lowest BCUT2D eigenvalue weighted by Gasteiger charge is -2.10. The van der Waals surface area contributed by atoms with Crippen molar-refractivity contribution in [3.63, 3.8) is 0 Å². The minimum Gasteiger partial charge on any atom is -0.542 e. The highest BCUT2D eigenvalue weighted by Gasteiger charge is 2.27. The SMILES string of the molecule is O=C([O-])c1ccc(P(c2ccc(C(=O)[O-])o2)c2ccc(C(=O)[O-])o2)o1. The zero-order valence-electron chi connectivity index (χ0n) is 12.1. The average molecular weight is 361 g/mol. The van der Waals surface area contributed by atoms with E-state index in [0.717, 1.165) is 18.2 Å². The van der Waals surface area contributed by atoms with Crippen LogP contribution in [-0.2, 0) is 0 Å². The summed E-state index contributed by atoms with van der Waals surface area (Å²) in [6.45, 7) is 0. The van der Waals surface area contributed by atoms with Crippen molar-refractivity contribution in [2.45, 2.75) is 0 Å². The van der Waals surface area contributed by atoms with Gasteiger partial charge in [0, 0.05) is 0 Å². The van der Waals surface area contributed by atoms with Crippen LogP contribution >= 0.6 is 7.92 Å². The Bertz CT molecular complexity index is 837. The van der Waals surface area contributed by atoms with Crippen LogP contribution in [-0.4, -0.2) is 17.9 Å². The lowest BCUT2D eigenvalue weighted by atomic mass is 10.5. The van der Waals surface area contributed by atoms with Crippen LogP contribution in [0, 0.1) is 0 Å². The standard InChI is InChI=1S/C15H9O9P/c16-13(17)7-1-4-10(22-7)25(11-5-2-8(23-11)14(18)19)12-6-3-9(24-12)15(20)21/h1-6H,(H,16,17)(H,18,19)(H,20,21)/p-3. The summed E-state index contributed by atoms with van der Waals surface area (Å²) in [5.41, 5.74) is 0.230. The van der Waals surface area contributed by atoms with Gasteiger partial charge in [0.1, 0.15) is 59.6 Å².